The maximum Gasteiger partial charge on any atom is 0.243 e. The SMILES string of the molecule is C[C@@H](C(=O)N[C@@H]1C[C@@H]2CC[C@@H]1C2)N(c1ccccc1)S(C)(=O)=O. The van der Waals surface area contributed by atoms with Crippen molar-refractivity contribution in [3.8, 4) is 0 Å². The minimum Gasteiger partial charge on any atom is -0.351 e. The van der Waals surface area contributed by atoms with E-state index in [1.807, 2.05) is 6.07 Å². The molecule has 2 saturated carbocycles. The van der Waals surface area contributed by atoms with Crippen molar-refractivity contribution in [2.75, 3.05) is 10.6 Å². The molecule has 2 aliphatic carbocycles. The Kier molecular flexibility index (Phi) is 4.36. The molecule has 0 unspecified atom stereocenters. The molecule has 1 aromatic rings. The van der Waals surface area contributed by atoms with Crippen molar-refractivity contribution < 1.29 is 13.2 Å². The lowest BCUT2D eigenvalue weighted by molar-refractivity contribution is -0.122. The van der Waals surface area contributed by atoms with Crippen LogP contribution >= 0.6 is 0 Å². The topological polar surface area (TPSA) is 66.5 Å². The number of carbonyl (C=O) groups excluding carboxylic acids is 1. The van der Waals surface area contributed by atoms with Gasteiger partial charge in [-0.05, 0) is 50.2 Å². The summed E-state index contributed by atoms with van der Waals surface area (Å²) in [5.74, 6) is 1.09. The molecule has 23 heavy (non-hydrogen) atoms. The first kappa shape index (κ1) is 16.3. The number of hydrogen-bond donors (Lipinski definition) is 1. The lowest BCUT2D eigenvalue weighted by Gasteiger charge is -2.30. The highest BCUT2D eigenvalue weighted by atomic mass is 32.2. The largest absolute Gasteiger partial charge is 0.351 e. The number of carbonyl (C=O) groups is 1. The fourth-order valence-electron chi connectivity index (χ4n) is 4.11. The van der Waals surface area contributed by atoms with E-state index >= 15 is 0 Å². The van der Waals surface area contributed by atoms with Crippen LogP contribution in [0.5, 0.6) is 0 Å². The lowest BCUT2D eigenvalue weighted by atomic mass is 9.95. The van der Waals surface area contributed by atoms with E-state index in [1.54, 1.807) is 31.2 Å². The monoisotopic (exact) mass is 336 g/mol. The van der Waals surface area contributed by atoms with E-state index in [0.29, 0.717) is 11.6 Å². The molecule has 6 heteroatoms. The van der Waals surface area contributed by atoms with Crippen molar-refractivity contribution in [3.63, 3.8) is 0 Å². The first-order valence-electron chi connectivity index (χ1n) is 8.21. The molecule has 126 valence electrons. The minimum absolute atomic E-state index is 0.209. The average molecular weight is 336 g/mol. The Morgan fingerprint density at radius 2 is 1.91 bits per heavy atom. The summed E-state index contributed by atoms with van der Waals surface area (Å²) in [4.78, 5) is 12.6. The number of benzene rings is 1. The first-order chi connectivity index (χ1) is 10.9. The predicted molar refractivity (Wildman–Crippen MR) is 90.6 cm³/mol. The van der Waals surface area contributed by atoms with Crippen LogP contribution in [0.25, 0.3) is 0 Å². The van der Waals surface area contributed by atoms with Crippen LogP contribution in [0.4, 0.5) is 5.69 Å². The third-order valence-electron chi connectivity index (χ3n) is 5.16. The summed E-state index contributed by atoms with van der Waals surface area (Å²) in [7, 11) is -3.53. The summed E-state index contributed by atoms with van der Waals surface area (Å²) in [6, 6.07) is 8.24. The zero-order valence-corrected chi connectivity index (χ0v) is 14.4. The van der Waals surface area contributed by atoms with Crippen molar-refractivity contribution in [3.05, 3.63) is 30.3 Å². The van der Waals surface area contributed by atoms with Gasteiger partial charge in [0, 0.05) is 6.04 Å². The molecule has 2 fully saturated rings. The molecule has 1 N–H and O–H groups in total. The van der Waals surface area contributed by atoms with Crippen LogP contribution in [0.3, 0.4) is 0 Å². The molecular weight excluding hydrogens is 312 g/mol. The summed E-state index contributed by atoms with van der Waals surface area (Å²) in [5, 5.41) is 3.09. The van der Waals surface area contributed by atoms with Gasteiger partial charge in [0.05, 0.1) is 11.9 Å². The molecule has 0 aliphatic heterocycles. The number of sulfonamides is 1. The molecule has 5 nitrogen and oxygen atoms in total. The number of para-hydroxylation sites is 1. The molecule has 0 spiro atoms. The standard InChI is InChI=1S/C17H24N2O3S/c1-12(17(20)18-16-11-13-8-9-14(16)10-13)19(23(2,21)22)15-6-4-3-5-7-15/h3-7,12-14,16H,8-11H2,1-2H3,(H,18,20)/t12-,13+,14+,16+/m0/s1. The van der Waals surface area contributed by atoms with Crippen molar-refractivity contribution in [2.24, 2.45) is 11.8 Å². The van der Waals surface area contributed by atoms with Crippen LogP contribution in [-0.4, -0.2) is 32.7 Å². The Labute approximate surface area is 138 Å². The molecular formula is C17H24N2O3S. The second-order valence-electron chi connectivity index (χ2n) is 6.86. The summed E-state index contributed by atoms with van der Waals surface area (Å²) in [5.41, 5.74) is 0.519. The Bertz CT molecular complexity index is 674. The minimum atomic E-state index is -3.53. The van der Waals surface area contributed by atoms with Gasteiger partial charge in [-0.25, -0.2) is 8.42 Å². The van der Waals surface area contributed by atoms with Gasteiger partial charge in [0.15, 0.2) is 0 Å². The van der Waals surface area contributed by atoms with Crippen LogP contribution in [0.15, 0.2) is 30.3 Å². The van der Waals surface area contributed by atoms with Crippen LogP contribution < -0.4 is 9.62 Å². The summed E-state index contributed by atoms with van der Waals surface area (Å²) in [6.45, 7) is 1.65. The Hall–Kier alpha value is -1.56. The van der Waals surface area contributed by atoms with E-state index in [0.717, 1.165) is 18.6 Å². The number of anilines is 1. The molecule has 2 bridgehead atoms. The highest BCUT2D eigenvalue weighted by Crippen LogP contribution is 2.44. The number of amides is 1. The van der Waals surface area contributed by atoms with Gasteiger partial charge in [-0.15, -0.1) is 0 Å². The molecule has 3 rings (SSSR count). The lowest BCUT2D eigenvalue weighted by Crippen LogP contribution is -2.51. The van der Waals surface area contributed by atoms with E-state index in [9.17, 15) is 13.2 Å². The third-order valence-corrected chi connectivity index (χ3v) is 6.41. The number of rotatable bonds is 5. The van der Waals surface area contributed by atoms with Crippen molar-refractivity contribution >= 4 is 21.6 Å². The fraction of sp³-hybridized carbons (Fsp3) is 0.588. The molecule has 0 heterocycles. The summed E-state index contributed by atoms with van der Waals surface area (Å²) < 4.78 is 25.6. The van der Waals surface area contributed by atoms with Crippen LogP contribution in [-0.2, 0) is 14.8 Å². The van der Waals surface area contributed by atoms with E-state index in [4.69, 9.17) is 0 Å². The smallest absolute Gasteiger partial charge is 0.243 e. The molecule has 0 saturated heterocycles. The van der Waals surface area contributed by atoms with Crippen LogP contribution in [0.2, 0.25) is 0 Å². The maximum atomic E-state index is 12.6. The molecule has 4 atom stereocenters. The zero-order valence-electron chi connectivity index (χ0n) is 13.6. The van der Waals surface area contributed by atoms with E-state index in [1.165, 1.54) is 23.6 Å². The second-order valence-corrected chi connectivity index (χ2v) is 8.72. The van der Waals surface area contributed by atoms with Gasteiger partial charge in [0.25, 0.3) is 0 Å². The van der Waals surface area contributed by atoms with E-state index in [2.05, 4.69) is 5.32 Å². The third kappa shape index (κ3) is 3.37. The highest BCUT2D eigenvalue weighted by molar-refractivity contribution is 7.92. The van der Waals surface area contributed by atoms with E-state index in [-0.39, 0.29) is 11.9 Å². The Morgan fingerprint density at radius 3 is 2.43 bits per heavy atom. The number of nitrogens with zero attached hydrogens (tertiary/aromatic N) is 1. The van der Waals surface area contributed by atoms with Gasteiger partial charge in [-0.1, -0.05) is 24.6 Å². The summed E-state index contributed by atoms with van der Waals surface area (Å²) in [6.07, 6.45) is 5.83. The Balaban J connectivity index is 1.75. The van der Waals surface area contributed by atoms with Crippen molar-refractivity contribution in [2.45, 2.75) is 44.7 Å². The maximum absolute atomic E-state index is 12.6. The van der Waals surface area contributed by atoms with Gasteiger partial charge >= 0.3 is 0 Å². The molecule has 0 aromatic heterocycles. The van der Waals surface area contributed by atoms with Crippen molar-refractivity contribution in [1.29, 1.82) is 0 Å². The quantitative estimate of drug-likeness (QED) is 0.896. The first-order valence-corrected chi connectivity index (χ1v) is 10.1. The van der Waals surface area contributed by atoms with Crippen LogP contribution in [0, 0.1) is 11.8 Å². The number of hydrogen-bond acceptors (Lipinski definition) is 3. The highest BCUT2D eigenvalue weighted by Gasteiger charge is 2.41. The van der Waals surface area contributed by atoms with Crippen molar-refractivity contribution in [1.82, 2.24) is 5.32 Å². The second kappa shape index (κ2) is 6.15. The number of fused-ring (bicyclic) bond motifs is 2. The molecule has 1 aromatic carbocycles. The van der Waals surface area contributed by atoms with Crippen LogP contribution in [0.1, 0.15) is 32.6 Å². The van der Waals surface area contributed by atoms with Gasteiger partial charge in [0.1, 0.15) is 6.04 Å². The average Bonchev–Trinajstić information content (AvgIpc) is 3.09. The van der Waals surface area contributed by atoms with Gasteiger partial charge in [0.2, 0.25) is 15.9 Å². The molecule has 1 amide bonds. The normalized spacial score (nSPS) is 27.7. The summed E-state index contributed by atoms with van der Waals surface area (Å²) >= 11 is 0. The molecule has 2 aliphatic rings. The number of nitrogens with one attached hydrogen (secondary N) is 1. The molecule has 0 radical (unpaired) electrons. The zero-order chi connectivity index (χ0) is 16.6. The van der Waals surface area contributed by atoms with E-state index < -0.39 is 16.1 Å². The van der Waals surface area contributed by atoms with Gasteiger partial charge < -0.3 is 5.32 Å². The van der Waals surface area contributed by atoms with Gasteiger partial charge in [-0.2, -0.15) is 0 Å². The fourth-order valence-corrected chi connectivity index (χ4v) is 5.28. The van der Waals surface area contributed by atoms with Gasteiger partial charge in [-0.3, -0.25) is 9.10 Å². The predicted octanol–water partition coefficient (Wildman–Crippen LogP) is 2.15. The Morgan fingerprint density at radius 1 is 1.22 bits per heavy atom.